The van der Waals surface area contributed by atoms with Crippen molar-refractivity contribution in [2.45, 2.75) is 6.54 Å². The average molecular weight is 283 g/mol. The summed E-state index contributed by atoms with van der Waals surface area (Å²) in [4.78, 5) is 2.39. The molecule has 0 amide bonds. The molecule has 4 heteroatoms. The molecular weight excluding hydrogens is 262 g/mol. The van der Waals surface area contributed by atoms with E-state index < -0.39 is 0 Å². The number of hydrogen-bond acceptors (Lipinski definition) is 4. The number of nitrogen functional groups attached to an aromatic ring is 1. The molecule has 0 aliphatic carbocycles. The van der Waals surface area contributed by atoms with Crippen LogP contribution < -0.4 is 16.0 Å². The minimum absolute atomic E-state index is 0.779. The maximum atomic E-state index is 5.81. The number of ether oxygens (including phenoxy) is 1. The first-order chi connectivity index (χ1) is 10.3. The zero-order chi connectivity index (χ0) is 14.5. The number of nitrogens with two attached hydrogens (primary N) is 1. The number of anilines is 3. The Morgan fingerprint density at radius 1 is 1.05 bits per heavy atom. The Hall–Kier alpha value is -2.20. The highest BCUT2D eigenvalue weighted by Crippen LogP contribution is 2.23. The largest absolute Gasteiger partial charge is 0.399 e. The van der Waals surface area contributed by atoms with Gasteiger partial charge in [-0.2, -0.15) is 0 Å². The Kier molecular flexibility index (Phi) is 4.26. The summed E-state index contributed by atoms with van der Waals surface area (Å²) in [5.41, 5.74) is 10.2. The zero-order valence-electron chi connectivity index (χ0n) is 12.1. The van der Waals surface area contributed by atoms with Gasteiger partial charge in [-0.3, -0.25) is 0 Å². The van der Waals surface area contributed by atoms with Crippen LogP contribution >= 0.6 is 0 Å². The van der Waals surface area contributed by atoms with Gasteiger partial charge in [-0.15, -0.1) is 0 Å². The number of nitrogens with one attached hydrogen (secondary N) is 1. The Morgan fingerprint density at radius 3 is 2.67 bits per heavy atom. The molecule has 110 valence electrons. The van der Waals surface area contributed by atoms with E-state index in [2.05, 4.69) is 34.5 Å². The normalized spacial score (nSPS) is 15.0. The molecule has 3 rings (SSSR count). The number of para-hydroxylation sites is 1. The van der Waals surface area contributed by atoms with E-state index in [9.17, 15) is 0 Å². The molecule has 1 heterocycles. The highest BCUT2D eigenvalue weighted by atomic mass is 16.5. The lowest BCUT2D eigenvalue weighted by Gasteiger charge is -2.30. The van der Waals surface area contributed by atoms with Crippen LogP contribution in [0, 0.1) is 0 Å². The van der Waals surface area contributed by atoms with E-state index in [0.717, 1.165) is 44.2 Å². The van der Waals surface area contributed by atoms with Crippen molar-refractivity contribution in [1.82, 2.24) is 0 Å². The topological polar surface area (TPSA) is 50.5 Å². The molecule has 0 unspecified atom stereocenters. The highest BCUT2D eigenvalue weighted by Gasteiger charge is 2.14. The molecule has 3 N–H and O–H groups in total. The van der Waals surface area contributed by atoms with E-state index in [-0.39, 0.29) is 0 Å². The van der Waals surface area contributed by atoms with Crippen LogP contribution in [0.1, 0.15) is 5.56 Å². The highest BCUT2D eigenvalue weighted by molar-refractivity contribution is 5.58. The molecule has 1 aliphatic rings. The molecule has 0 radical (unpaired) electrons. The Bertz CT molecular complexity index is 594. The fourth-order valence-electron chi connectivity index (χ4n) is 2.62. The summed E-state index contributed by atoms with van der Waals surface area (Å²) >= 11 is 0. The summed E-state index contributed by atoms with van der Waals surface area (Å²) in [6, 6.07) is 16.4. The minimum atomic E-state index is 0.779. The fraction of sp³-hybridized carbons (Fsp3) is 0.294. The number of rotatable bonds is 4. The second kappa shape index (κ2) is 6.50. The molecule has 4 nitrogen and oxygen atoms in total. The van der Waals surface area contributed by atoms with Crippen LogP contribution in [-0.4, -0.2) is 26.3 Å². The summed E-state index contributed by atoms with van der Waals surface area (Å²) in [5.74, 6) is 0. The predicted molar refractivity (Wildman–Crippen MR) is 87.7 cm³/mol. The average Bonchev–Trinajstić information content (AvgIpc) is 2.54. The van der Waals surface area contributed by atoms with Crippen LogP contribution in [0.25, 0.3) is 0 Å². The smallest absolute Gasteiger partial charge is 0.0642 e. The molecule has 0 spiro atoms. The van der Waals surface area contributed by atoms with Gasteiger partial charge in [-0.1, -0.05) is 24.3 Å². The van der Waals surface area contributed by atoms with Gasteiger partial charge in [-0.05, 0) is 29.8 Å². The first kappa shape index (κ1) is 13.8. The van der Waals surface area contributed by atoms with E-state index >= 15 is 0 Å². The van der Waals surface area contributed by atoms with Gasteiger partial charge in [0.1, 0.15) is 0 Å². The zero-order valence-corrected chi connectivity index (χ0v) is 12.1. The molecule has 0 saturated carbocycles. The van der Waals surface area contributed by atoms with Gasteiger partial charge in [-0.25, -0.2) is 0 Å². The maximum Gasteiger partial charge on any atom is 0.0642 e. The van der Waals surface area contributed by atoms with Crippen molar-refractivity contribution in [2.75, 3.05) is 42.3 Å². The number of nitrogens with zero attached hydrogens (tertiary/aromatic N) is 1. The Morgan fingerprint density at radius 2 is 1.86 bits per heavy atom. The van der Waals surface area contributed by atoms with Gasteiger partial charge in [0, 0.05) is 36.7 Å². The van der Waals surface area contributed by atoms with E-state index in [1.54, 1.807) is 0 Å². The van der Waals surface area contributed by atoms with Crippen LogP contribution in [0.15, 0.2) is 48.5 Å². The standard InChI is InChI=1S/C17H21N3O/c18-15-5-3-6-16(12-15)19-13-14-4-1-2-7-17(14)20-8-10-21-11-9-20/h1-7,12,19H,8-11,13,18H2. The first-order valence-electron chi connectivity index (χ1n) is 7.33. The molecule has 1 fully saturated rings. The second-order valence-corrected chi connectivity index (χ2v) is 5.21. The lowest BCUT2D eigenvalue weighted by atomic mass is 10.1. The molecule has 0 atom stereocenters. The Labute approximate surface area is 125 Å². The fourth-order valence-corrected chi connectivity index (χ4v) is 2.62. The molecule has 1 aliphatic heterocycles. The molecule has 0 aromatic heterocycles. The van der Waals surface area contributed by atoms with Crippen LogP contribution in [0.3, 0.4) is 0 Å². The van der Waals surface area contributed by atoms with E-state index in [1.807, 2.05) is 24.3 Å². The lowest BCUT2D eigenvalue weighted by Crippen LogP contribution is -2.36. The summed E-state index contributed by atoms with van der Waals surface area (Å²) in [6.45, 7) is 4.30. The summed E-state index contributed by atoms with van der Waals surface area (Å²) in [7, 11) is 0. The molecule has 2 aromatic carbocycles. The third-order valence-electron chi connectivity index (χ3n) is 3.71. The summed E-state index contributed by atoms with van der Waals surface area (Å²) in [6.07, 6.45) is 0. The van der Waals surface area contributed by atoms with Gasteiger partial charge < -0.3 is 20.7 Å². The van der Waals surface area contributed by atoms with E-state index in [0.29, 0.717) is 0 Å². The van der Waals surface area contributed by atoms with E-state index in [1.165, 1.54) is 11.3 Å². The SMILES string of the molecule is Nc1cccc(NCc2ccccc2N2CCOCC2)c1. The first-order valence-corrected chi connectivity index (χ1v) is 7.33. The maximum absolute atomic E-state index is 5.81. The lowest BCUT2D eigenvalue weighted by molar-refractivity contribution is 0.122. The third kappa shape index (κ3) is 3.47. The molecule has 0 bridgehead atoms. The number of hydrogen-bond donors (Lipinski definition) is 2. The number of benzene rings is 2. The van der Waals surface area contributed by atoms with Gasteiger partial charge in [0.15, 0.2) is 0 Å². The van der Waals surface area contributed by atoms with Gasteiger partial charge in [0.25, 0.3) is 0 Å². The van der Waals surface area contributed by atoms with Crippen LogP contribution in [0.2, 0.25) is 0 Å². The van der Waals surface area contributed by atoms with Crippen molar-refractivity contribution in [2.24, 2.45) is 0 Å². The quantitative estimate of drug-likeness (QED) is 0.847. The third-order valence-corrected chi connectivity index (χ3v) is 3.71. The Balaban J connectivity index is 1.73. The van der Waals surface area contributed by atoms with Crippen molar-refractivity contribution >= 4 is 17.1 Å². The van der Waals surface area contributed by atoms with Crippen molar-refractivity contribution < 1.29 is 4.74 Å². The van der Waals surface area contributed by atoms with Gasteiger partial charge >= 0.3 is 0 Å². The van der Waals surface area contributed by atoms with Crippen molar-refractivity contribution in [3.63, 3.8) is 0 Å². The summed E-state index contributed by atoms with van der Waals surface area (Å²) < 4.78 is 5.43. The monoisotopic (exact) mass is 283 g/mol. The number of morpholine rings is 1. The van der Waals surface area contributed by atoms with Crippen molar-refractivity contribution in [1.29, 1.82) is 0 Å². The van der Waals surface area contributed by atoms with Crippen LogP contribution in [0.5, 0.6) is 0 Å². The summed E-state index contributed by atoms with van der Waals surface area (Å²) in [5, 5.41) is 3.44. The molecular formula is C17H21N3O. The van der Waals surface area contributed by atoms with Gasteiger partial charge in [0.2, 0.25) is 0 Å². The van der Waals surface area contributed by atoms with E-state index in [4.69, 9.17) is 10.5 Å². The second-order valence-electron chi connectivity index (χ2n) is 5.21. The molecule has 1 saturated heterocycles. The molecule has 21 heavy (non-hydrogen) atoms. The van der Waals surface area contributed by atoms with Gasteiger partial charge in [0.05, 0.1) is 13.2 Å². The van der Waals surface area contributed by atoms with Crippen molar-refractivity contribution in [3.05, 3.63) is 54.1 Å². The van der Waals surface area contributed by atoms with Crippen molar-refractivity contribution in [3.8, 4) is 0 Å². The predicted octanol–water partition coefficient (Wildman–Crippen LogP) is 2.72. The molecule has 2 aromatic rings. The minimum Gasteiger partial charge on any atom is -0.399 e. The van der Waals surface area contributed by atoms with Crippen LogP contribution in [0.4, 0.5) is 17.1 Å². The van der Waals surface area contributed by atoms with Crippen LogP contribution in [-0.2, 0) is 11.3 Å².